The van der Waals surface area contributed by atoms with E-state index < -0.39 is 11.4 Å². The third-order valence-electron chi connectivity index (χ3n) is 5.88. The Bertz CT molecular complexity index is 330. The fourth-order valence-corrected chi connectivity index (χ4v) is 4.80. The summed E-state index contributed by atoms with van der Waals surface area (Å²) in [6, 6.07) is 0.694. The molecule has 3 nitrogen and oxygen atoms in total. The third kappa shape index (κ3) is 2.54. The highest BCUT2D eigenvalue weighted by Gasteiger charge is 2.45. The second kappa shape index (κ2) is 5.43. The van der Waals surface area contributed by atoms with E-state index in [1.165, 1.54) is 38.5 Å². The Balaban J connectivity index is 1.68. The van der Waals surface area contributed by atoms with Gasteiger partial charge in [0.1, 0.15) is 0 Å². The lowest BCUT2D eigenvalue weighted by Crippen LogP contribution is -2.45. The third-order valence-corrected chi connectivity index (χ3v) is 5.88. The monoisotopic (exact) mass is 265 g/mol. The summed E-state index contributed by atoms with van der Waals surface area (Å²) in [5.74, 6) is 0.316. The molecule has 0 aromatic carbocycles. The number of likely N-dealkylation sites (tertiary alicyclic amines) is 1. The van der Waals surface area contributed by atoms with Crippen LogP contribution in [-0.4, -0.2) is 35.1 Å². The van der Waals surface area contributed by atoms with Crippen LogP contribution in [-0.2, 0) is 4.79 Å². The van der Waals surface area contributed by atoms with Crippen molar-refractivity contribution >= 4 is 5.97 Å². The standard InChI is InChI=1S/C16H27NO2/c18-15(19)16(9-3-4-10-16)12-17-11-5-8-14(17)13-6-1-2-7-13/h13-14H,1-12H2,(H,18,19). The van der Waals surface area contributed by atoms with Crippen molar-refractivity contribution in [2.24, 2.45) is 11.3 Å². The van der Waals surface area contributed by atoms with Crippen LogP contribution in [0.25, 0.3) is 0 Å². The van der Waals surface area contributed by atoms with E-state index in [4.69, 9.17) is 0 Å². The molecule has 0 aromatic heterocycles. The zero-order valence-electron chi connectivity index (χ0n) is 11.9. The highest BCUT2D eigenvalue weighted by molar-refractivity contribution is 5.75. The van der Waals surface area contributed by atoms with Crippen molar-refractivity contribution in [3.05, 3.63) is 0 Å². The van der Waals surface area contributed by atoms with Crippen LogP contribution in [0.2, 0.25) is 0 Å². The topological polar surface area (TPSA) is 40.5 Å². The zero-order chi connectivity index (χ0) is 13.3. The summed E-state index contributed by atoms with van der Waals surface area (Å²) >= 11 is 0. The van der Waals surface area contributed by atoms with Crippen molar-refractivity contribution in [1.29, 1.82) is 0 Å². The predicted octanol–water partition coefficient (Wildman–Crippen LogP) is 3.29. The molecule has 0 aromatic rings. The first-order chi connectivity index (χ1) is 9.21. The summed E-state index contributed by atoms with van der Waals surface area (Å²) in [4.78, 5) is 14.3. The van der Waals surface area contributed by atoms with Gasteiger partial charge in [-0.25, -0.2) is 0 Å². The van der Waals surface area contributed by atoms with Crippen LogP contribution in [0.1, 0.15) is 64.2 Å². The van der Waals surface area contributed by atoms with Crippen LogP contribution in [0.4, 0.5) is 0 Å². The predicted molar refractivity (Wildman–Crippen MR) is 75.1 cm³/mol. The molecule has 2 aliphatic carbocycles. The summed E-state index contributed by atoms with van der Waals surface area (Å²) in [5.41, 5.74) is -0.415. The number of aliphatic carboxylic acids is 1. The van der Waals surface area contributed by atoms with Gasteiger partial charge in [0.15, 0.2) is 0 Å². The average molecular weight is 265 g/mol. The first-order valence-electron chi connectivity index (χ1n) is 8.19. The molecule has 0 spiro atoms. The summed E-state index contributed by atoms with van der Waals surface area (Å²) in [6.07, 6.45) is 12.1. The minimum Gasteiger partial charge on any atom is -0.481 e. The minimum atomic E-state index is -0.540. The molecule has 1 unspecified atom stereocenters. The normalized spacial score (nSPS) is 32.1. The Hall–Kier alpha value is -0.570. The fourth-order valence-electron chi connectivity index (χ4n) is 4.80. The van der Waals surface area contributed by atoms with E-state index in [1.54, 1.807) is 0 Å². The molecule has 0 radical (unpaired) electrons. The quantitative estimate of drug-likeness (QED) is 0.848. The second-order valence-corrected chi connectivity index (χ2v) is 7.02. The number of nitrogens with zero attached hydrogens (tertiary/aromatic N) is 1. The van der Waals surface area contributed by atoms with Gasteiger partial charge < -0.3 is 5.11 Å². The van der Waals surface area contributed by atoms with E-state index >= 15 is 0 Å². The minimum absolute atomic E-state index is 0.415. The maximum Gasteiger partial charge on any atom is 0.310 e. The van der Waals surface area contributed by atoms with Gasteiger partial charge >= 0.3 is 5.97 Å². The van der Waals surface area contributed by atoms with Gasteiger partial charge in [0.05, 0.1) is 5.41 Å². The lowest BCUT2D eigenvalue weighted by atomic mass is 9.84. The van der Waals surface area contributed by atoms with Crippen molar-refractivity contribution in [2.75, 3.05) is 13.1 Å². The summed E-state index contributed by atoms with van der Waals surface area (Å²) < 4.78 is 0. The Morgan fingerprint density at radius 2 is 1.74 bits per heavy atom. The maximum absolute atomic E-state index is 11.7. The molecule has 1 saturated heterocycles. The molecule has 3 aliphatic rings. The summed E-state index contributed by atoms with van der Waals surface area (Å²) in [6.45, 7) is 1.96. The largest absolute Gasteiger partial charge is 0.481 e. The molecule has 1 N–H and O–H groups in total. The molecule has 0 amide bonds. The van der Waals surface area contributed by atoms with E-state index in [9.17, 15) is 9.90 Å². The highest BCUT2D eigenvalue weighted by atomic mass is 16.4. The van der Waals surface area contributed by atoms with Gasteiger partial charge in [-0.1, -0.05) is 25.7 Å². The Kier molecular flexibility index (Phi) is 3.84. The molecular formula is C16H27NO2. The molecule has 3 rings (SSSR count). The number of carboxylic acid groups (broad SMARTS) is 1. The van der Waals surface area contributed by atoms with Gasteiger partial charge in [-0.05, 0) is 51.0 Å². The van der Waals surface area contributed by atoms with Gasteiger partial charge in [-0.2, -0.15) is 0 Å². The highest BCUT2D eigenvalue weighted by Crippen LogP contribution is 2.42. The van der Waals surface area contributed by atoms with E-state index in [2.05, 4.69) is 4.90 Å². The molecule has 3 fully saturated rings. The molecule has 2 saturated carbocycles. The van der Waals surface area contributed by atoms with Crippen molar-refractivity contribution in [3.8, 4) is 0 Å². The van der Waals surface area contributed by atoms with E-state index in [0.717, 1.165) is 44.7 Å². The average Bonchev–Trinajstić information content (AvgIpc) is 3.09. The Labute approximate surface area is 116 Å². The van der Waals surface area contributed by atoms with E-state index in [0.29, 0.717) is 6.04 Å². The number of carbonyl (C=O) groups is 1. The summed E-state index contributed by atoms with van der Waals surface area (Å²) in [5, 5.41) is 9.65. The van der Waals surface area contributed by atoms with E-state index in [-0.39, 0.29) is 0 Å². The fraction of sp³-hybridized carbons (Fsp3) is 0.938. The molecular weight excluding hydrogens is 238 g/mol. The SMILES string of the molecule is O=C(O)C1(CN2CCCC2C2CCCC2)CCCC1. The van der Waals surface area contributed by atoms with Crippen LogP contribution in [0.3, 0.4) is 0 Å². The number of rotatable bonds is 4. The van der Waals surface area contributed by atoms with Crippen molar-refractivity contribution in [1.82, 2.24) is 4.90 Å². The van der Waals surface area contributed by atoms with Gasteiger partial charge in [-0.15, -0.1) is 0 Å². The van der Waals surface area contributed by atoms with Gasteiger partial charge in [0.2, 0.25) is 0 Å². The van der Waals surface area contributed by atoms with Crippen molar-refractivity contribution < 1.29 is 9.90 Å². The molecule has 3 heteroatoms. The number of carboxylic acids is 1. The molecule has 19 heavy (non-hydrogen) atoms. The maximum atomic E-state index is 11.7. The van der Waals surface area contributed by atoms with Gasteiger partial charge in [-0.3, -0.25) is 9.69 Å². The molecule has 1 atom stereocenters. The van der Waals surface area contributed by atoms with E-state index in [1.807, 2.05) is 0 Å². The number of hydrogen-bond donors (Lipinski definition) is 1. The van der Waals surface area contributed by atoms with Gasteiger partial charge in [0, 0.05) is 12.6 Å². The molecule has 0 bridgehead atoms. The first kappa shape index (κ1) is 13.4. The van der Waals surface area contributed by atoms with Crippen LogP contribution in [0, 0.1) is 11.3 Å². The van der Waals surface area contributed by atoms with Gasteiger partial charge in [0.25, 0.3) is 0 Å². The number of hydrogen-bond acceptors (Lipinski definition) is 2. The van der Waals surface area contributed by atoms with Crippen LogP contribution >= 0.6 is 0 Å². The van der Waals surface area contributed by atoms with Crippen LogP contribution < -0.4 is 0 Å². The lowest BCUT2D eigenvalue weighted by molar-refractivity contribution is -0.150. The van der Waals surface area contributed by atoms with Crippen LogP contribution in [0.15, 0.2) is 0 Å². The Morgan fingerprint density at radius 1 is 1.05 bits per heavy atom. The molecule has 108 valence electrons. The van der Waals surface area contributed by atoms with Crippen LogP contribution in [0.5, 0.6) is 0 Å². The summed E-state index contributed by atoms with van der Waals surface area (Å²) in [7, 11) is 0. The van der Waals surface area contributed by atoms with Crippen molar-refractivity contribution in [2.45, 2.75) is 70.3 Å². The first-order valence-corrected chi connectivity index (χ1v) is 8.19. The van der Waals surface area contributed by atoms with Crippen molar-refractivity contribution in [3.63, 3.8) is 0 Å². The molecule has 1 aliphatic heterocycles. The zero-order valence-corrected chi connectivity index (χ0v) is 11.9. The second-order valence-electron chi connectivity index (χ2n) is 7.02. The molecule has 1 heterocycles. The smallest absolute Gasteiger partial charge is 0.310 e. The lowest BCUT2D eigenvalue weighted by Gasteiger charge is -2.35. The Morgan fingerprint density at radius 3 is 2.37 bits per heavy atom.